The standard InChI is InChI=1S/C17H16ClN5O2/c18-14-6-4-5-13(11-14)17-20-22-23(21-17)12-16(24)19-9-10-25-15-7-2-1-3-8-15/h1-8,11H,9-10,12H2,(H,19,24). The molecule has 25 heavy (non-hydrogen) atoms. The van der Waals surface area contributed by atoms with Gasteiger partial charge < -0.3 is 10.1 Å². The molecule has 1 heterocycles. The molecule has 0 aliphatic carbocycles. The highest BCUT2D eigenvalue weighted by molar-refractivity contribution is 6.30. The molecule has 0 unspecified atom stereocenters. The number of carbonyl (C=O) groups is 1. The maximum Gasteiger partial charge on any atom is 0.243 e. The highest BCUT2D eigenvalue weighted by Crippen LogP contribution is 2.18. The van der Waals surface area contributed by atoms with E-state index in [1.165, 1.54) is 4.80 Å². The largest absolute Gasteiger partial charge is 0.492 e. The summed E-state index contributed by atoms with van der Waals surface area (Å²) in [6, 6.07) is 16.6. The van der Waals surface area contributed by atoms with Crippen molar-refractivity contribution in [3.8, 4) is 17.1 Å². The molecule has 0 fully saturated rings. The molecule has 0 saturated heterocycles. The van der Waals surface area contributed by atoms with Crippen molar-refractivity contribution in [2.45, 2.75) is 6.54 Å². The van der Waals surface area contributed by atoms with Crippen LogP contribution in [0.25, 0.3) is 11.4 Å². The van der Waals surface area contributed by atoms with Crippen molar-refractivity contribution in [1.29, 1.82) is 0 Å². The molecule has 1 amide bonds. The van der Waals surface area contributed by atoms with Crippen molar-refractivity contribution < 1.29 is 9.53 Å². The van der Waals surface area contributed by atoms with Gasteiger partial charge in [-0.1, -0.05) is 41.9 Å². The van der Waals surface area contributed by atoms with Crippen molar-refractivity contribution in [2.75, 3.05) is 13.2 Å². The molecule has 0 saturated carbocycles. The number of para-hydroxylation sites is 1. The summed E-state index contributed by atoms with van der Waals surface area (Å²) in [5.74, 6) is 0.968. The van der Waals surface area contributed by atoms with Gasteiger partial charge in [0.1, 0.15) is 18.9 Å². The molecule has 0 bridgehead atoms. The van der Waals surface area contributed by atoms with Gasteiger partial charge in [-0.05, 0) is 29.5 Å². The fourth-order valence-electron chi connectivity index (χ4n) is 2.11. The van der Waals surface area contributed by atoms with Crippen LogP contribution in [0.15, 0.2) is 54.6 Å². The van der Waals surface area contributed by atoms with Crippen LogP contribution in [0.1, 0.15) is 0 Å². The Balaban J connectivity index is 1.45. The zero-order valence-electron chi connectivity index (χ0n) is 13.3. The maximum atomic E-state index is 11.9. The first kappa shape index (κ1) is 16.9. The van der Waals surface area contributed by atoms with Crippen molar-refractivity contribution in [2.24, 2.45) is 0 Å². The minimum atomic E-state index is -0.216. The van der Waals surface area contributed by atoms with Gasteiger partial charge in [0.2, 0.25) is 11.7 Å². The van der Waals surface area contributed by atoms with Gasteiger partial charge in [-0.15, -0.1) is 10.2 Å². The monoisotopic (exact) mass is 357 g/mol. The zero-order valence-corrected chi connectivity index (χ0v) is 14.1. The van der Waals surface area contributed by atoms with Crippen molar-refractivity contribution in [3.05, 3.63) is 59.6 Å². The lowest BCUT2D eigenvalue weighted by Gasteiger charge is -2.07. The van der Waals surface area contributed by atoms with Crippen LogP contribution in [0.3, 0.4) is 0 Å². The minimum Gasteiger partial charge on any atom is -0.492 e. The van der Waals surface area contributed by atoms with Crippen molar-refractivity contribution in [3.63, 3.8) is 0 Å². The third-order valence-corrected chi connectivity index (χ3v) is 3.49. The van der Waals surface area contributed by atoms with Gasteiger partial charge >= 0.3 is 0 Å². The second kappa shape index (κ2) is 8.25. The number of benzene rings is 2. The molecule has 1 N–H and O–H groups in total. The van der Waals surface area contributed by atoms with Crippen molar-refractivity contribution >= 4 is 17.5 Å². The van der Waals surface area contributed by atoms with E-state index in [1.54, 1.807) is 18.2 Å². The molecule has 1 aromatic heterocycles. The fourth-order valence-corrected chi connectivity index (χ4v) is 2.30. The van der Waals surface area contributed by atoms with Gasteiger partial charge in [-0.25, -0.2) is 0 Å². The molecule has 3 rings (SSSR count). The number of hydrogen-bond acceptors (Lipinski definition) is 5. The van der Waals surface area contributed by atoms with Crippen LogP contribution >= 0.6 is 11.6 Å². The topological polar surface area (TPSA) is 81.9 Å². The Morgan fingerprint density at radius 2 is 2.00 bits per heavy atom. The van der Waals surface area contributed by atoms with Crippen molar-refractivity contribution in [1.82, 2.24) is 25.5 Å². The molecule has 8 heteroatoms. The molecule has 0 radical (unpaired) electrons. The fraction of sp³-hybridized carbons (Fsp3) is 0.176. The van der Waals surface area contributed by atoms with E-state index in [4.69, 9.17) is 16.3 Å². The van der Waals surface area contributed by atoms with E-state index < -0.39 is 0 Å². The van der Waals surface area contributed by atoms with E-state index in [9.17, 15) is 4.79 Å². The Kier molecular flexibility index (Phi) is 5.58. The molecule has 2 aromatic carbocycles. The Hall–Kier alpha value is -2.93. The first-order valence-corrected chi connectivity index (χ1v) is 8.07. The number of nitrogens with zero attached hydrogens (tertiary/aromatic N) is 4. The average Bonchev–Trinajstić information content (AvgIpc) is 3.08. The Morgan fingerprint density at radius 1 is 1.16 bits per heavy atom. The van der Waals surface area contributed by atoms with E-state index in [1.807, 2.05) is 36.4 Å². The van der Waals surface area contributed by atoms with Crippen LogP contribution in [-0.2, 0) is 11.3 Å². The number of nitrogens with one attached hydrogen (secondary N) is 1. The number of carbonyl (C=O) groups excluding carboxylic acids is 1. The molecular weight excluding hydrogens is 342 g/mol. The molecule has 3 aromatic rings. The van der Waals surface area contributed by atoms with Crippen LogP contribution in [0, 0.1) is 0 Å². The second-order valence-corrected chi connectivity index (χ2v) is 5.60. The smallest absolute Gasteiger partial charge is 0.243 e. The summed E-state index contributed by atoms with van der Waals surface area (Å²) < 4.78 is 5.50. The van der Waals surface area contributed by atoms with Crippen LogP contribution in [0.5, 0.6) is 5.75 Å². The minimum absolute atomic E-state index is 0.0150. The Labute approximate surface area is 149 Å². The van der Waals surface area contributed by atoms with E-state index >= 15 is 0 Å². The third-order valence-electron chi connectivity index (χ3n) is 3.26. The lowest BCUT2D eigenvalue weighted by Crippen LogP contribution is -2.31. The Bertz CT molecular complexity index is 838. The second-order valence-electron chi connectivity index (χ2n) is 5.17. The predicted octanol–water partition coefficient (Wildman–Crippen LogP) is 2.19. The van der Waals surface area contributed by atoms with Crippen LogP contribution in [-0.4, -0.2) is 39.3 Å². The van der Waals surface area contributed by atoms with Gasteiger partial charge in [0.15, 0.2) is 0 Å². The molecule has 0 spiro atoms. The third kappa shape index (κ3) is 5.02. The molecule has 0 atom stereocenters. The number of hydrogen-bond donors (Lipinski definition) is 1. The van der Waals surface area contributed by atoms with Crippen LogP contribution < -0.4 is 10.1 Å². The summed E-state index contributed by atoms with van der Waals surface area (Å²) >= 11 is 5.94. The van der Waals surface area contributed by atoms with Crippen LogP contribution in [0.2, 0.25) is 5.02 Å². The lowest BCUT2D eigenvalue weighted by atomic mass is 10.2. The first-order chi connectivity index (χ1) is 12.2. The molecule has 0 aliphatic rings. The molecule has 0 aliphatic heterocycles. The summed E-state index contributed by atoms with van der Waals surface area (Å²) in [4.78, 5) is 13.1. The summed E-state index contributed by atoms with van der Waals surface area (Å²) in [7, 11) is 0. The number of aromatic nitrogens is 4. The summed E-state index contributed by atoms with van der Waals surface area (Å²) in [5, 5.41) is 15.3. The van der Waals surface area contributed by atoms with E-state index in [0.717, 1.165) is 11.3 Å². The summed E-state index contributed by atoms with van der Waals surface area (Å²) in [5.41, 5.74) is 0.746. The molecule has 7 nitrogen and oxygen atoms in total. The summed E-state index contributed by atoms with van der Waals surface area (Å²) in [6.07, 6.45) is 0. The normalized spacial score (nSPS) is 10.4. The average molecular weight is 358 g/mol. The number of rotatable bonds is 7. The zero-order chi connectivity index (χ0) is 17.5. The first-order valence-electron chi connectivity index (χ1n) is 7.69. The van der Waals surface area contributed by atoms with E-state index in [0.29, 0.717) is 24.0 Å². The quantitative estimate of drug-likeness (QED) is 0.655. The molecule has 128 valence electrons. The van der Waals surface area contributed by atoms with Gasteiger partial charge in [-0.2, -0.15) is 4.80 Å². The maximum absolute atomic E-state index is 11.9. The van der Waals surface area contributed by atoms with E-state index in [-0.39, 0.29) is 12.5 Å². The number of halogens is 1. The van der Waals surface area contributed by atoms with Crippen LogP contribution in [0.4, 0.5) is 0 Å². The van der Waals surface area contributed by atoms with Gasteiger partial charge in [0.25, 0.3) is 0 Å². The number of amides is 1. The summed E-state index contributed by atoms with van der Waals surface area (Å²) in [6.45, 7) is 0.761. The van der Waals surface area contributed by atoms with E-state index in [2.05, 4.69) is 20.7 Å². The number of tetrazole rings is 1. The van der Waals surface area contributed by atoms with Gasteiger partial charge in [0, 0.05) is 10.6 Å². The Morgan fingerprint density at radius 3 is 2.80 bits per heavy atom. The molecular formula is C17H16ClN5O2. The number of ether oxygens (including phenoxy) is 1. The highest BCUT2D eigenvalue weighted by atomic mass is 35.5. The SMILES string of the molecule is O=C(Cn1nnc(-c2cccc(Cl)c2)n1)NCCOc1ccccc1. The highest BCUT2D eigenvalue weighted by Gasteiger charge is 2.09. The van der Waals surface area contributed by atoms with Gasteiger partial charge in [0.05, 0.1) is 6.54 Å². The van der Waals surface area contributed by atoms with Gasteiger partial charge in [-0.3, -0.25) is 4.79 Å². The lowest BCUT2D eigenvalue weighted by molar-refractivity contribution is -0.122. The predicted molar refractivity (Wildman–Crippen MR) is 93.2 cm³/mol.